The molecule has 1 unspecified atom stereocenters. The molecule has 3 heterocycles. The highest BCUT2D eigenvalue weighted by molar-refractivity contribution is 6.30. The van der Waals surface area contributed by atoms with Crippen molar-refractivity contribution in [3.05, 3.63) is 58.1 Å². The number of nitrogens with zero attached hydrogens (tertiary/aromatic N) is 2. The van der Waals surface area contributed by atoms with Gasteiger partial charge in [-0.1, -0.05) is 23.7 Å². The Morgan fingerprint density at radius 1 is 1.27 bits per heavy atom. The third-order valence-electron chi connectivity index (χ3n) is 6.51. The molecule has 3 aliphatic rings. The number of carbonyl (C=O) groups excluding carboxylic acids is 3. The molecule has 2 fully saturated rings. The highest BCUT2D eigenvalue weighted by Crippen LogP contribution is 2.48. The van der Waals surface area contributed by atoms with Crippen LogP contribution in [-0.4, -0.2) is 39.1 Å². The van der Waals surface area contributed by atoms with E-state index in [4.69, 9.17) is 11.6 Å². The lowest BCUT2D eigenvalue weighted by Gasteiger charge is -2.27. The number of benzene rings is 1. The molecule has 0 bridgehead atoms. The molecular weight excluding hydrogens is 449 g/mol. The molecule has 1 aromatic heterocycles. The molecule has 1 saturated heterocycles. The van der Waals surface area contributed by atoms with E-state index in [1.807, 2.05) is 0 Å². The van der Waals surface area contributed by atoms with Crippen molar-refractivity contribution < 1.29 is 18.8 Å². The number of ketones is 1. The molecule has 1 aromatic carbocycles. The first-order valence-corrected chi connectivity index (χ1v) is 11.2. The van der Waals surface area contributed by atoms with Crippen molar-refractivity contribution in [3.63, 3.8) is 0 Å². The fourth-order valence-corrected chi connectivity index (χ4v) is 4.98. The molecule has 33 heavy (non-hydrogen) atoms. The van der Waals surface area contributed by atoms with Crippen LogP contribution in [0, 0.1) is 11.7 Å². The predicted molar refractivity (Wildman–Crippen MR) is 121 cm³/mol. The van der Waals surface area contributed by atoms with Crippen molar-refractivity contribution in [2.45, 2.75) is 44.9 Å². The number of Topliss-reactive ketones (excluding diaryl/α,β-unsaturated/α-hetero) is 1. The third-order valence-corrected chi connectivity index (χ3v) is 6.80. The van der Waals surface area contributed by atoms with Gasteiger partial charge < -0.3 is 20.2 Å². The zero-order valence-corrected chi connectivity index (χ0v) is 18.7. The Morgan fingerprint density at radius 2 is 2.09 bits per heavy atom. The van der Waals surface area contributed by atoms with Crippen molar-refractivity contribution in [2.75, 3.05) is 5.43 Å². The number of rotatable bonds is 6. The SMILES string of the molecule is CC(=O)c1cn(CC(=O)N2[C@@H]3CC3C[C@H]2C(=O)NCc2cccc(Cl)c2F)c2c1C=CNN2. The van der Waals surface area contributed by atoms with E-state index < -0.39 is 11.9 Å². The summed E-state index contributed by atoms with van der Waals surface area (Å²) < 4.78 is 15.8. The summed E-state index contributed by atoms with van der Waals surface area (Å²) in [5.74, 6) is -0.230. The molecule has 2 aromatic rings. The number of hydrogen-bond donors (Lipinski definition) is 3. The highest BCUT2D eigenvalue weighted by atomic mass is 35.5. The lowest BCUT2D eigenvalue weighted by molar-refractivity contribution is -0.140. The summed E-state index contributed by atoms with van der Waals surface area (Å²) in [4.78, 5) is 39.9. The Kier molecular flexibility index (Phi) is 5.36. The number of amides is 2. The lowest BCUT2D eigenvalue weighted by atomic mass is 10.1. The molecule has 1 aliphatic carbocycles. The van der Waals surface area contributed by atoms with Gasteiger partial charge in [-0.3, -0.25) is 19.8 Å². The minimum atomic E-state index is -0.604. The van der Waals surface area contributed by atoms with E-state index in [1.165, 1.54) is 13.0 Å². The number of nitrogens with one attached hydrogen (secondary N) is 3. The zero-order chi connectivity index (χ0) is 23.3. The number of aromatic nitrogens is 1. The second kappa shape index (κ2) is 8.22. The Hall–Kier alpha value is -3.33. The van der Waals surface area contributed by atoms with Gasteiger partial charge in [0.1, 0.15) is 24.2 Å². The largest absolute Gasteiger partial charge is 0.350 e. The summed E-state index contributed by atoms with van der Waals surface area (Å²) in [6.07, 6.45) is 6.59. The molecule has 8 nitrogen and oxygen atoms in total. The molecule has 2 amide bonds. The Labute approximate surface area is 194 Å². The van der Waals surface area contributed by atoms with Crippen molar-refractivity contribution in [1.82, 2.24) is 20.2 Å². The number of fused-ring (bicyclic) bond motifs is 2. The standard InChI is InChI=1S/C23H23ClFN5O3/c1-12(31)16-10-29(22-15(16)5-6-27-28-22)11-20(32)30-18-7-14(18)8-19(30)23(33)26-9-13-3-2-4-17(24)21(13)25/h2-6,10,14,18-19,27-28H,7-9,11H2,1H3,(H,26,33)/t14?,18-,19+/m1/s1. The molecule has 3 atom stereocenters. The smallest absolute Gasteiger partial charge is 0.243 e. The van der Waals surface area contributed by atoms with Gasteiger partial charge in [0.25, 0.3) is 0 Å². The number of hydrazine groups is 1. The second-order valence-corrected chi connectivity index (χ2v) is 9.05. The lowest BCUT2D eigenvalue weighted by Crippen LogP contribution is -2.48. The molecule has 0 radical (unpaired) electrons. The molecule has 3 N–H and O–H groups in total. The number of hydrogen-bond acceptors (Lipinski definition) is 5. The van der Waals surface area contributed by atoms with Crippen LogP contribution in [-0.2, 0) is 22.7 Å². The molecule has 5 rings (SSSR count). The van der Waals surface area contributed by atoms with Crippen LogP contribution in [0.4, 0.5) is 10.2 Å². The van der Waals surface area contributed by atoms with Gasteiger partial charge in [-0.25, -0.2) is 4.39 Å². The average Bonchev–Trinajstić information content (AvgIpc) is 3.30. The average molecular weight is 472 g/mol. The first kappa shape index (κ1) is 21.5. The maximum absolute atomic E-state index is 14.2. The van der Waals surface area contributed by atoms with Crippen LogP contribution in [0.2, 0.25) is 5.02 Å². The number of likely N-dealkylation sites (tertiary alicyclic amines) is 1. The monoisotopic (exact) mass is 471 g/mol. The van der Waals surface area contributed by atoms with Gasteiger partial charge in [-0.2, -0.15) is 0 Å². The van der Waals surface area contributed by atoms with Crippen LogP contribution in [0.15, 0.2) is 30.6 Å². The predicted octanol–water partition coefficient (Wildman–Crippen LogP) is 2.69. The molecular formula is C23H23ClFN5O3. The summed E-state index contributed by atoms with van der Waals surface area (Å²) >= 11 is 5.82. The van der Waals surface area contributed by atoms with Crippen molar-refractivity contribution >= 4 is 41.1 Å². The number of anilines is 1. The van der Waals surface area contributed by atoms with Crippen LogP contribution in [0.1, 0.15) is 41.3 Å². The van der Waals surface area contributed by atoms with E-state index in [-0.39, 0.29) is 41.8 Å². The highest BCUT2D eigenvalue weighted by Gasteiger charge is 2.55. The van der Waals surface area contributed by atoms with Gasteiger partial charge in [0.15, 0.2) is 5.78 Å². The molecule has 0 spiro atoms. The summed E-state index contributed by atoms with van der Waals surface area (Å²) in [5, 5.41) is 2.75. The topological polar surface area (TPSA) is 95.5 Å². The van der Waals surface area contributed by atoms with Crippen LogP contribution in [0.3, 0.4) is 0 Å². The van der Waals surface area contributed by atoms with Gasteiger partial charge in [0, 0.05) is 41.7 Å². The van der Waals surface area contributed by atoms with Gasteiger partial charge >= 0.3 is 0 Å². The number of halogens is 2. The van der Waals surface area contributed by atoms with Gasteiger partial charge in [-0.15, -0.1) is 0 Å². The molecule has 10 heteroatoms. The Balaban J connectivity index is 1.31. The molecule has 1 saturated carbocycles. The first-order valence-electron chi connectivity index (χ1n) is 10.8. The quantitative estimate of drug-likeness (QED) is 0.563. The van der Waals surface area contributed by atoms with E-state index >= 15 is 0 Å². The Morgan fingerprint density at radius 3 is 2.88 bits per heavy atom. The van der Waals surface area contributed by atoms with Crippen LogP contribution < -0.4 is 16.2 Å². The summed E-state index contributed by atoms with van der Waals surface area (Å²) in [6.45, 7) is 1.47. The summed E-state index contributed by atoms with van der Waals surface area (Å²) in [7, 11) is 0. The van der Waals surface area contributed by atoms with Crippen molar-refractivity contribution in [2.24, 2.45) is 5.92 Å². The fraction of sp³-hybridized carbons (Fsp3) is 0.348. The third kappa shape index (κ3) is 3.86. The van der Waals surface area contributed by atoms with Crippen LogP contribution in [0.25, 0.3) is 6.08 Å². The molecule has 172 valence electrons. The normalized spacial score (nSPS) is 22.2. The van der Waals surface area contributed by atoms with Crippen molar-refractivity contribution in [1.29, 1.82) is 0 Å². The summed E-state index contributed by atoms with van der Waals surface area (Å²) in [5.41, 5.74) is 7.38. The minimum Gasteiger partial charge on any atom is -0.350 e. The number of carbonyl (C=O) groups is 3. The van der Waals surface area contributed by atoms with Crippen LogP contribution >= 0.6 is 11.6 Å². The maximum atomic E-state index is 14.2. The van der Waals surface area contributed by atoms with E-state index in [0.717, 1.165) is 12.0 Å². The number of piperidine rings is 1. The second-order valence-electron chi connectivity index (χ2n) is 8.64. The van der Waals surface area contributed by atoms with E-state index in [1.54, 1.807) is 40.1 Å². The Bertz CT molecular complexity index is 1190. The van der Waals surface area contributed by atoms with E-state index in [0.29, 0.717) is 29.3 Å². The fourth-order valence-electron chi connectivity index (χ4n) is 4.78. The van der Waals surface area contributed by atoms with E-state index in [2.05, 4.69) is 16.2 Å². The van der Waals surface area contributed by atoms with Crippen LogP contribution in [0.5, 0.6) is 0 Å². The zero-order valence-electron chi connectivity index (χ0n) is 17.9. The van der Waals surface area contributed by atoms with Gasteiger partial charge in [0.05, 0.1) is 5.02 Å². The van der Waals surface area contributed by atoms with E-state index in [9.17, 15) is 18.8 Å². The van der Waals surface area contributed by atoms with Gasteiger partial charge in [-0.05, 0) is 37.8 Å². The molecule has 2 aliphatic heterocycles. The van der Waals surface area contributed by atoms with Crippen molar-refractivity contribution in [3.8, 4) is 0 Å². The van der Waals surface area contributed by atoms with Gasteiger partial charge in [0.2, 0.25) is 11.8 Å². The maximum Gasteiger partial charge on any atom is 0.243 e. The first-order chi connectivity index (χ1) is 15.8. The summed E-state index contributed by atoms with van der Waals surface area (Å²) in [6, 6.07) is 4.07. The minimum absolute atomic E-state index is 0.00130.